The monoisotopic (exact) mass is 294 g/mol. The normalized spacial score (nSPS) is 14.9. The molecule has 0 amide bonds. The van der Waals surface area contributed by atoms with Crippen molar-refractivity contribution in [2.75, 3.05) is 6.54 Å². The first-order valence-electron chi connectivity index (χ1n) is 6.16. The van der Waals surface area contributed by atoms with Gasteiger partial charge in [-0.05, 0) is 12.5 Å². The van der Waals surface area contributed by atoms with E-state index in [2.05, 4.69) is 9.82 Å². The van der Waals surface area contributed by atoms with Crippen LogP contribution in [0.5, 0.6) is 0 Å². The average Bonchev–Trinajstić information content (AvgIpc) is 2.87. The molecule has 1 atom stereocenters. The van der Waals surface area contributed by atoms with Gasteiger partial charge in [-0.3, -0.25) is 4.68 Å². The van der Waals surface area contributed by atoms with Crippen molar-refractivity contribution in [1.82, 2.24) is 14.5 Å². The molecule has 1 aromatic heterocycles. The molecular formula is C13H18N4O2S. The number of rotatable bonds is 5. The second-order valence-corrected chi connectivity index (χ2v) is 6.54. The Morgan fingerprint density at radius 2 is 2.00 bits per heavy atom. The Hall–Kier alpha value is -1.70. The number of sulfonamides is 1. The predicted molar refractivity (Wildman–Crippen MR) is 76.4 cm³/mol. The minimum Gasteiger partial charge on any atom is -0.328 e. The molecule has 1 unspecified atom stereocenters. The molecule has 1 aromatic carbocycles. The maximum absolute atomic E-state index is 12.4. The maximum Gasteiger partial charge on any atom is 0.244 e. The Bertz CT molecular complexity index is 681. The summed E-state index contributed by atoms with van der Waals surface area (Å²) in [6.45, 7) is 1.91. The molecule has 0 aliphatic carbocycles. The van der Waals surface area contributed by atoms with Crippen molar-refractivity contribution in [2.45, 2.75) is 17.4 Å². The van der Waals surface area contributed by atoms with Crippen LogP contribution in [0.2, 0.25) is 0 Å². The van der Waals surface area contributed by atoms with Gasteiger partial charge >= 0.3 is 0 Å². The predicted octanol–water partition coefficient (Wildman–Crippen LogP) is 0.573. The molecule has 0 aliphatic rings. The molecule has 20 heavy (non-hydrogen) atoms. The molecule has 6 nitrogen and oxygen atoms in total. The molecule has 7 heteroatoms. The van der Waals surface area contributed by atoms with Crippen LogP contribution < -0.4 is 10.5 Å². The molecule has 2 aromatic rings. The van der Waals surface area contributed by atoms with Crippen LogP contribution >= 0.6 is 0 Å². The number of nitrogens with one attached hydrogen (secondary N) is 1. The first-order chi connectivity index (χ1) is 9.37. The molecule has 3 N–H and O–H groups in total. The molecule has 108 valence electrons. The molecule has 0 saturated heterocycles. The number of hydrogen-bond acceptors (Lipinski definition) is 4. The lowest BCUT2D eigenvalue weighted by Crippen LogP contribution is -2.48. The van der Waals surface area contributed by atoms with E-state index >= 15 is 0 Å². The summed E-state index contributed by atoms with van der Waals surface area (Å²) >= 11 is 0. The lowest BCUT2D eigenvalue weighted by molar-refractivity contribution is 0.441. The van der Waals surface area contributed by atoms with Crippen molar-refractivity contribution in [3.05, 3.63) is 48.3 Å². The van der Waals surface area contributed by atoms with Gasteiger partial charge in [0.15, 0.2) is 0 Å². The summed E-state index contributed by atoms with van der Waals surface area (Å²) in [7, 11) is -2.01. The van der Waals surface area contributed by atoms with Crippen molar-refractivity contribution in [3.8, 4) is 0 Å². The van der Waals surface area contributed by atoms with Crippen LogP contribution in [0, 0.1) is 0 Å². The number of aryl methyl sites for hydroxylation is 1. The van der Waals surface area contributed by atoms with Gasteiger partial charge in [0, 0.05) is 19.8 Å². The van der Waals surface area contributed by atoms with Crippen LogP contribution in [-0.2, 0) is 22.6 Å². The topological polar surface area (TPSA) is 90.0 Å². The van der Waals surface area contributed by atoms with Crippen LogP contribution in [0.25, 0.3) is 0 Å². The Labute approximate surface area is 118 Å². The van der Waals surface area contributed by atoms with Crippen molar-refractivity contribution in [1.29, 1.82) is 0 Å². The van der Waals surface area contributed by atoms with Crippen LogP contribution in [0.1, 0.15) is 12.5 Å². The first-order valence-corrected chi connectivity index (χ1v) is 7.64. The molecule has 0 spiro atoms. The van der Waals surface area contributed by atoms with Crippen LogP contribution in [0.3, 0.4) is 0 Å². The van der Waals surface area contributed by atoms with E-state index in [4.69, 9.17) is 5.73 Å². The Balaban J connectivity index is 2.35. The van der Waals surface area contributed by atoms with E-state index in [9.17, 15) is 8.42 Å². The van der Waals surface area contributed by atoms with Crippen molar-refractivity contribution in [3.63, 3.8) is 0 Å². The quantitative estimate of drug-likeness (QED) is 0.843. The van der Waals surface area contributed by atoms with E-state index in [0.29, 0.717) is 0 Å². The minimum absolute atomic E-state index is 0.121. The summed E-state index contributed by atoms with van der Waals surface area (Å²) in [5.41, 5.74) is 5.73. The van der Waals surface area contributed by atoms with Crippen molar-refractivity contribution >= 4 is 10.0 Å². The molecule has 1 heterocycles. The third-order valence-electron chi connectivity index (χ3n) is 3.17. The highest BCUT2D eigenvalue weighted by Crippen LogP contribution is 2.22. The summed E-state index contributed by atoms with van der Waals surface area (Å²) in [6, 6.07) is 9.26. The third kappa shape index (κ3) is 2.90. The zero-order valence-corrected chi connectivity index (χ0v) is 12.3. The number of nitrogens with zero attached hydrogens (tertiary/aromatic N) is 2. The molecule has 2 rings (SSSR count). The van der Waals surface area contributed by atoms with E-state index in [-0.39, 0.29) is 11.4 Å². The van der Waals surface area contributed by atoms with Gasteiger partial charge in [0.1, 0.15) is 4.90 Å². The van der Waals surface area contributed by atoms with Crippen LogP contribution in [0.15, 0.2) is 47.6 Å². The first kappa shape index (κ1) is 14.7. The molecular weight excluding hydrogens is 276 g/mol. The maximum atomic E-state index is 12.4. The van der Waals surface area contributed by atoms with E-state index in [1.807, 2.05) is 30.3 Å². The number of nitrogens with two attached hydrogens (primary N) is 1. The van der Waals surface area contributed by atoms with E-state index in [1.54, 1.807) is 14.0 Å². The SMILES string of the molecule is Cn1cc(S(=O)(=O)NC(C)(CN)c2ccccc2)cn1. The summed E-state index contributed by atoms with van der Waals surface area (Å²) in [4.78, 5) is 0.121. The van der Waals surface area contributed by atoms with Gasteiger partial charge in [0.05, 0.1) is 11.7 Å². The summed E-state index contributed by atoms with van der Waals surface area (Å²) in [5.74, 6) is 0. The summed E-state index contributed by atoms with van der Waals surface area (Å²) in [6.07, 6.45) is 2.76. The fourth-order valence-electron chi connectivity index (χ4n) is 1.92. The molecule has 0 saturated carbocycles. The summed E-state index contributed by atoms with van der Waals surface area (Å²) in [5, 5.41) is 3.88. The molecule has 0 radical (unpaired) electrons. The average molecular weight is 294 g/mol. The second-order valence-electron chi connectivity index (χ2n) is 4.86. The van der Waals surface area contributed by atoms with Gasteiger partial charge in [-0.2, -0.15) is 9.82 Å². The second kappa shape index (κ2) is 5.35. The number of hydrogen-bond donors (Lipinski definition) is 2. The number of benzene rings is 1. The highest BCUT2D eigenvalue weighted by Gasteiger charge is 2.31. The third-order valence-corrected chi connectivity index (χ3v) is 4.72. The molecule has 0 aliphatic heterocycles. The zero-order valence-electron chi connectivity index (χ0n) is 11.4. The highest BCUT2D eigenvalue weighted by atomic mass is 32.2. The van der Waals surface area contributed by atoms with E-state index in [1.165, 1.54) is 17.1 Å². The molecule has 0 fully saturated rings. The van der Waals surface area contributed by atoms with Gasteiger partial charge < -0.3 is 5.73 Å². The van der Waals surface area contributed by atoms with Gasteiger partial charge in [-0.1, -0.05) is 30.3 Å². The van der Waals surface area contributed by atoms with E-state index in [0.717, 1.165) is 5.56 Å². The minimum atomic E-state index is -3.67. The summed E-state index contributed by atoms with van der Waals surface area (Å²) < 4.78 is 28.8. The van der Waals surface area contributed by atoms with Gasteiger partial charge in [0.25, 0.3) is 0 Å². The highest BCUT2D eigenvalue weighted by molar-refractivity contribution is 7.89. The Morgan fingerprint density at radius 3 is 2.50 bits per heavy atom. The van der Waals surface area contributed by atoms with Crippen molar-refractivity contribution < 1.29 is 8.42 Å². The lowest BCUT2D eigenvalue weighted by Gasteiger charge is -2.29. The van der Waals surface area contributed by atoms with Crippen LogP contribution in [0.4, 0.5) is 0 Å². The molecule has 0 bridgehead atoms. The zero-order chi connectivity index (χ0) is 14.8. The van der Waals surface area contributed by atoms with Crippen molar-refractivity contribution in [2.24, 2.45) is 12.8 Å². The van der Waals surface area contributed by atoms with Crippen LogP contribution in [-0.4, -0.2) is 24.7 Å². The Morgan fingerprint density at radius 1 is 1.35 bits per heavy atom. The largest absolute Gasteiger partial charge is 0.328 e. The fourth-order valence-corrected chi connectivity index (χ4v) is 3.31. The standard InChI is InChI=1S/C13H18N4O2S/c1-13(10-14,11-6-4-3-5-7-11)16-20(18,19)12-8-15-17(2)9-12/h3-9,16H,10,14H2,1-2H3. The lowest BCUT2D eigenvalue weighted by atomic mass is 9.94. The fraction of sp³-hybridized carbons (Fsp3) is 0.308. The van der Waals surface area contributed by atoms with Gasteiger partial charge in [0.2, 0.25) is 10.0 Å². The number of aromatic nitrogens is 2. The van der Waals surface area contributed by atoms with Gasteiger partial charge in [-0.25, -0.2) is 8.42 Å². The van der Waals surface area contributed by atoms with E-state index < -0.39 is 15.6 Å². The van der Waals surface area contributed by atoms with Gasteiger partial charge in [-0.15, -0.1) is 0 Å². The Kier molecular flexibility index (Phi) is 3.94. The smallest absolute Gasteiger partial charge is 0.244 e.